The third-order valence-electron chi connectivity index (χ3n) is 2.81. The fourth-order valence-corrected chi connectivity index (χ4v) is 1.94. The highest BCUT2D eigenvalue weighted by atomic mass is 14.6. The Bertz CT molecular complexity index is 335. The largest absolute Gasteiger partial charge is 0.327 e. The second-order valence-electron chi connectivity index (χ2n) is 4.22. The molecule has 2 rings (SSSR count). The van der Waals surface area contributed by atoms with Crippen molar-refractivity contribution in [2.75, 3.05) is 0 Å². The van der Waals surface area contributed by atoms with Crippen LogP contribution in [0.25, 0.3) is 6.08 Å². The van der Waals surface area contributed by atoms with Crippen molar-refractivity contribution < 1.29 is 0 Å². The molecule has 1 aromatic rings. The summed E-state index contributed by atoms with van der Waals surface area (Å²) in [7, 11) is 0. The van der Waals surface area contributed by atoms with Gasteiger partial charge in [-0.15, -0.1) is 0 Å². The van der Waals surface area contributed by atoms with Crippen LogP contribution in [0.2, 0.25) is 0 Å². The van der Waals surface area contributed by atoms with Crippen molar-refractivity contribution in [2.45, 2.75) is 32.2 Å². The molecule has 0 aromatic heterocycles. The molecule has 1 unspecified atom stereocenters. The maximum atomic E-state index is 5.86. The zero-order valence-corrected chi connectivity index (χ0v) is 8.66. The monoisotopic (exact) mass is 187 g/mol. The molecule has 0 amide bonds. The van der Waals surface area contributed by atoms with E-state index in [1.165, 1.54) is 23.1 Å². The third kappa shape index (κ3) is 2.24. The van der Waals surface area contributed by atoms with E-state index >= 15 is 0 Å². The Kier molecular flexibility index (Phi) is 2.69. The normalized spacial score (nSPS) is 24.4. The Morgan fingerprint density at radius 1 is 1.29 bits per heavy atom. The van der Waals surface area contributed by atoms with Crippen molar-refractivity contribution in [3.63, 3.8) is 0 Å². The van der Waals surface area contributed by atoms with Crippen LogP contribution in [0, 0.1) is 6.92 Å². The molecule has 2 N–H and O–H groups in total. The van der Waals surface area contributed by atoms with Gasteiger partial charge in [0.15, 0.2) is 0 Å². The SMILES string of the molecule is Cc1ccc(C=C2CCC(N)C2)cc1. The van der Waals surface area contributed by atoms with Crippen molar-refractivity contribution in [1.82, 2.24) is 0 Å². The van der Waals surface area contributed by atoms with Crippen molar-refractivity contribution in [3.8, 4) is 0 Å². The Morgan fingerprint density at radius 2 is 2.00 bits per heavy atom. The average molecular weight is 187 g/mol. The lowest BCUT2D eigenvalue weighted by Crippen LogP contribution is -2.13. The molecule has 1 aliphatic rings. The van der Waals surface area contributed by atoms with Gasteiger partial charge in [0, 0.05) is 6.04 Å². The summed E-state index contributed by atoms with van der Waals surface area (Å²) in [5.41, 5.74) is 9.98. The second kappa shape index (κ2) is 3.97. The minimum absolute atomic E-state index is 0.395. The van der Waals surface area contributed by atoms with Crippen molar-refractivity contribution in [1.29, 1.82) is 0 Å². The minimum atomic E-state index is 0.395. The lowest BCUT2D eigenvalue weighted by atomic mass is 10.1. The first-order chi connectivity index (χ1) is 6.74. The van der Waals surface area contributed by atoms with Crippen molar-refractivity contribution in [2.24, 2.45) is 5.73 Å². The van der Waals surface area contributed by atoms with Gasteiger partial charge in [-0.25, -0.2) is 0 Å². The summed E-state index contributed by atoms with van der Waals surface area (Å²) in [4.78, 5) is 0. The summed E-state index contributed by atoms with van der Waals surface area (Å²) in [6.45, 7) is 2.11. The predicted octanol–water partition coefficient (Wildman–Crippen LogP) is 2.89. The number of benzene rings is 1. The van der Waals surface area contributed by atoms with E-state index in [4.69, 9.17) is 5.73 Å². The molecule has 0 heterocycles. The van der Waals surface area contributed by atoms with Gasteiger partial charge in [-0.2, -0.15) is 0 Å². The van der Waals surface area contributed by atoms with E-state index in [1.807, 2.05) is 0 Å². The highest BCUT2D eigenvalue weighted by Gasteiger charge is 2.14. The number of hydrogen-bond acceptors (Lipinski definition) is 1. The minimum Gasteiger partial charge on any atom is -0.327 e. The molecular formula is C13H17N. The highest BCUT2D eigenvalue weighted by molar-refractivity contribution is 5.54. The van der Waals surface area contributed by atoms with Gasteiger partial charge >= 0.3 is 0 Å². The van der Waals surface area contributed by atoms with Crippen LogP contribution in [0.5, 0.6) is 0 Å². The van der Waals surface area contributed by atoms with Crippen LogP contribution in [0.1, 0.15) is 30.4 Å². The van der Waals surface area contributed by atoms with Gasteiger partial charge in [0.2, 0.25) is 0 Å². The Balaban J connectivity index is 2.13. The van der Waals surface area contributed by atoms with Crippen LogP contribution >= 0.6 is 0 Å². The van der Waals surface area contributed by atoms with Crippen molar-refractivity contribution in [3.05, 3.63) is 41.0 Å². The van der Waals surface area contributed by atoms with Gasteiger partial charge in [-0.1, -0.05) is 41.5 Å². The zero-order valence-electron chi connectivity index (χ0n) is 8.66. The molecule has 0 bridgehead atoms. The average Bonchev–Trinajstić information content (AvgIpc) is 2.56. The number of rotatable bonds is 1. The summed E-state index contributed by atoms with van der Waals surface area (Å²) in [5.74, 6) is 0. The van der Waals surface area contributed by atoms with Crippen LogP contribution in [0.15, 0.2) is 29.8 Å². The lowest BCUT2D eigenvalue weighted by molar-refractivity contribution is 0.711. The number of aryl methyl sites for hydroxylation is 1. The fraction of sp³-hybridized carbons (Fsp3) is 0.385. The molecule has 0 radical (unpaired) electrons. The molecule has 74 valence electrons. The molecule has 1 nitrogen and oxygen atoms in total. The first-order valence-corrected chi connectivity index (χ1v) is 5.26. The molecule has 1 aliphatic carbocycles. The van der Waals surface area contributed by atoms with Crippen LogP contribution in [0.3, 0.4) is 0 Å². The second-order valence-corrected chi connectivity index (χ2v) is 4.22. The first kappa shape index (κ1) is 9.47. The van der Waals surface area contributed by atoms with Crippen LogP contribution in [0.4, 0.5) is 0 Å². The molecule has 0 spiro atoms. The first-order valence-electron chi connectivity index (χ1n) is 5.26. The van der Waals surface area contributed by atoms with Crippen LogP contribution < -0.4 is 5.73 Å². The smallest absolute Gasteiger partial charge is 0.00792 e. The standard InChI is InChI=1S/C13H17N/c1-10-2-4-11(5-3-10)8-12-6-7-13(14)9-12/h2-5,8,13H,6-7,9,14H2,1H3. The highest BCUT2D eigenvalue weighted by Crippen LogP contribution is 2.25. The maximum absolute atomic E-state index is 5.86. The van der Waals surface area contributed by atoms with E-state index in [0.717, 1.165) is 12.8 Å². The van der Waals surface area contributed by atoms with Gasteiger partial charge in [0.05, 0.1) is 0 Å². The Labute approximate surface area is 85.6 Å². The molecule has 1 heteroatoms. The predicted molar refractivity (Wildman–Crippen MR) is 61.0 cm³/mol. The van der Waals surface area contributed by atoms with E-state index in [0.29, 0.717) is 6.04 Å². The topological polar surface area (TPSA) is 26.0 Å². The summed E-state index contributed by atoms with van der Waals surface area (Å²) < 4.78 is 0. The molecule has 14 heavy (non-hydrogen) atoms. The van der Waals surface area contributed by atoms with Gasteiger partial charge in [0.25, 0.3) is 0 Å². The molecule has 1 saturated carbocycles. The van der Waals surface area contributed by atoms with E-state index in [2.05, 4.69) is 37.3 Å². The summed E-state index contributed by atoms with van der Waals surface area (Å²) >= 11 is 0. The number of nitrogens with two attached hydrogens (primary N) is 1. The fourth-order valence-electron chi connectivity index (χ4n) is 1.94. The quantitative estimate of drug-likeness (QED) is 0.718. The van der Waals surface area contributed by atoms with Gasteiger partial charge in [-0.3, -0.25) is 0 Å². The summed E-state index contributed by atoms with van der Waals surface area (Å²) in [6, 6.07) is 9.05. The van der Waals surface area contributed by atoms with Crippen LogP contribution in [-0.2, 0) is 0 Å². The molecule has 1 atom stereocenters. The van der Waals surface area contributed by atoms with Crippen molar-refractivity contribution >= 4 is 6.08 Å². The molecule has 0 saturated heterocycles. The van der Waals surface area contributed by atoms with Gasteiger partial charge < -0.3 is 5.73 Å². The van der Waals surface area contributed by atoms with Crippen LogP contribution in [-0.4, -0.2) is 6.04 Å². The van der Waals surface area contributed by atoms with E-state index in [-0.39, 0.29) is 0 Å². The lowest BCUT2D eigenvalue weighted by Gasteiger charge is -1.99. The Hall–Kier alpha value is -1.08. The van der Waals surface area contributed by atoms with Gasteiger partial charge in [-0.05, 0) is 31.7 Å². The molecule has 0 aliphatic heterocycles. The molecule has 1 aromatic carbocycles. The maximum Gasteiger partial charge on any atom is 0.00792 e. The summed E-state index contributed by atoms with van der Waals surface area (Å²) in [6.07, 6.45) is 5.69. The molecule has 1 fully saturated rings. The van der Waals surface area contributed by atoms with E-state index < -0.39 is 0 Å². The number of hydrogen-bond donors (Lipinski definition) is 1. The van der Waals surface area contributed by atoms with Gasteiger partial charge in [0.1, 0.15) is 0 Å². The zero-order chi connectivity index (χ0) is 9.97. The summed E-state index contributed by atoms with van der Waals surface area (Å²) in [5, 5.41) is 0. The van der Waals surface area contributed by atoms with E-state index in [9.17, 15) is 0 Å². The third-order valence-corrected chi connectivity index (χ3v) is 2.81. The Morgan fingerprint density at radius 3 is 2.57 bits per heavy atom. The molecular weight excluding hydrogens is 170 g/mol. The van der Waals surface area contributed by atoms with E-state index in [1.54, 1.807) is 0 Å².